The van der Waals surface area contributed by atoms with E-state index in [2.05, 4.69) is 13.5 Å². The fourth-order valence-electron chi connectivity index (χ4n) is 1.23. The van der Waals surface area contributed by atoms with E-state index in [1.54, 1.807) is 0 Å². The predicted octanol–water partition coefficient (Wildman–Crippen LogP) is 3.86. The second-order valence-electron chi connectivity index (χ2n) is 4.35. The zero-order valence-electron chi connectivity index (χ0n) is 11.9. The largest absolute Gasteiger partial charge is 0.481 e. The third kappa shape index (κ3) is 26.7. The number of carboxylic acids is 2. The number of unbranched alkanes of at least 4 members (excludes halogenated alkanes) is 6. The van der Waals surface area contributed by atoms with Crippen LogP contribution in [-0.2, 0) is 26.7 Å². The number of carboxylic acid groups (broad SMARTS) is 2. The molecule has 0 heterocycles. The van der Waals surface area contributed by atoms with Crippen LogP contribution in [0, 0.1) is 0 Å². The number of carbonyl (C=O) groups is 2. The molecule has 5 heteroatoms. The predicted molar refractivity (Wildman–Crippen MR) is 72.7 cm³/mol. The van der Waals surface area contributed by atoms with Gasteiger partial charge in [-0.3, -0.25) is 4.79 Å². The van der Waals surface area contributed by atoms with Gasteiger partial charge in [0.25, 0.3) is 0 Å². The first kappa shape index (κ1) is 23.3. The zero-order valence-corrected chi connectivity index (χ0v) is 12.8. The van der Waals surface area contributed by atoms with Crippen molar-refractivity contribution >= 4 is 11.9 Å². The van der Waals surface area contributed by atoms with Gasteiger partial charge < -0.3 is 10.2 Å². The SMILES string of the molecule is C=C(C)C(=O)O.CCCCCCCCCC(=O)O.[Cu]. The molecule has 0 saturated carbocycles. The first-order valence-electron chi connectivity index (χ1n) is 6.52. The van der Waals surface area contributed by atoms with Crippen LogP contribution in [0.25, 0.3) is 0 Å². The summed E-state index contributed by atoms with van der Waals surface area (Å²) in [6.45, 7) is 6.80. The van der Waals surface area contributed by atoms with E-state index in [-0.39, 0.29) is 22.6 Å². The van der Waals surface area contributed by atoms with Gasteiger partial charge in [-0.05, 0) is 13.3 Å². The molecule has 0 bridgehead atoms. The van der Waals surface area contributed by atoms with E-state index >= 15 is 0 Å². The van der Waals surface area contributed by atoms with Gasteiger partial charge >= 0.3 is 11.9 Å². The summed E-state index contributed by atoms with van der Waals surface area (Å²) >= 11 is 0. The Labute approximate surface area is 126 Å². The van der Waals surface area contributed by atoms with E-state index in [9.17, 15) is 9.59 Å². The Bertz CT molecular complexity index is 240. The first-order chi connectivity index (χ1) is 8.41. The monoisotopic (exact) mass is 321 g/mol. The summed E-state index contributed by atoms with van der Waals surface area (Å²) in [4.78, 5) is 19.7. The molecule has 0 aromatic carbocycles. The van der Waals surface area contributed by atoms with Crippen LogP contribution in [0.3, 0.4) is 0 Å². The van der Waals surface area contributed by atoms with Crippen LogP contribution in [0.15, 0.2) is 12.2 Å². The number of rotatable bonds is 9. The Morgan fingerprint density at radius 1 is 0.947 bits per heavy atom. The van der Waals surface area contributed by atoms with E-state index in [0.717, 1.165) is 12.8 Å². The van der Waals surface area contributed by atoms with Crippen LogP contribution in [0.5, 0.6) is 0 Å². The summed E-state index contributed by atoms with van der Waals surface area (Å²) in [6, 6.07) is 0. The van der Waals surface area contributed by atoms with Crippen LogP contribution in [0.4, 0.5) is 0 Å². The standard InChI is InChI=1S/C10H20O2.C4H6O2.Cu/c1-2-3-4-5-6-7-8-9-10(11)12;1-3(2)4(5)6;/h2-9H2,1H3,(H,11,12);1H2,2H3,(H,5,6);. The summed E-state index contributed by atoms with van der Waals surface area (Å²) in [5.41, 5.74) is 0.176. The van der Waals surface area contributed by atoms with Crippen LogP contribution < -0.4 is 0 Å². The minimum Gasteiger partial charge on any atom is -0.481 e. The fourth-order valence-corrected chi connectivity index (χ4v) is 1.23. The zero-order chi connectivity index (χ0) is 14.4. The van der Waals surface area contributed by atoms with Crippen molar-refractivity contribution < 1.29 is 36.9 Å². The molecule has 0 unspecified atom stereocenters. The second-order valence-corrected chi connectivity index (χ2v) is 4.35. The first-order valence-corrected chi connectivity index (χ1v) is 6.52. The minimum absolute atomic E-state index is 0. The summed E-state index contributed by atoms with van der Waals surface area (Å²) in [5, 5.41) is 16.2. The average molecular weight is 322 g/mol. The van der Waals surface area contributed by atoms with E-state index < -0.39 is 11.9 Å². The summed E-state index contributed by atoms with van der Waals surface area (Å²) in [7, 11) is 0. The van der Waals surface area contributed by atoms with E-state index in [0.29, 0.717) is 6.42 Å². The number of aliphatic carboxylic acids is 2. The van der Waals surface area contributed by atoms with E-state index in [1.807, 2.05) is 0 Å². The van der Waals surface area contributed by atoms with Gasteiger partial charge in [-0.15, -0.1) is 0 Å². The van der Waals surface area contributed by atoms with Crippen molar-refractivity contribution in [2.45, 2.75) is 65.2 Å². The smallest absolute Gasteiger partial charge is 0.330 e. The molecule has 0 fully saturated rings. The van der Waals surface area contributed by atoms with Crippen LogP contribution in [0.1, 0.15) is 65.2 Å². The molecule has 19 heavy (non-hydrogen) atoms. The molecule has 0 rings (SSSR count). The van der Waals surface area contributed by atoms with Crippen molar-refractivity contribution in [3.05, 3.63) is 12.2 Å². The van der Waals surface area contributed by atoms with Crippen LogP contribution in [0.2, 0.25) is 0 Å². The molecule has 0 aliphatic heterocycles. The molecule has 0 aliphatic rings. The van der Waals surface area contributed by atoms with Gasteiger partial charge in [0.05, 0.1) is 0 Å². The van der Waals surface area contributed by atoms with Crippen molar-refractivity contribution in [2.75, 3.05) is 0 Å². The fraction of sp³-hybridized carbons (Fsp3) is 0.714. The van der Waals surface area contributed by atoms with Gasteiger partial charge in [-0.25, -0.2) is 4.79 Å². The van der Waals surface area contributed by atoms with E-state index in [4.69, 9.17) is 10.2 Å². The third-order valence-corrected chi connectivity index (χ3v) is 2.36. The Balaban J connectivity index is -0.000000313. The number of hydrogen-bond acceptors (Lipinski definition) is 2. The molecule has 0 aromatic rings. The quantitative estimate of drug-likeness (QED) is 0.384. The Kier molecular flexibility index (Phi) is 21.1. The maximum atomic E-state index is 10.1. The summed E-state index contributed by atoms with van der Waals surface area (Å²) in [5.74, 6) is -1.60. The van der Waals surface area contributed by atoms with Crippen molar-refractivity contribution in [2.24, 2.45) is 0 Å². The second kappa shape index (κ2) is 17.2. The summed E-state index contributed by atoms with van der Waals surface area (Å²) in [6.07, 6.45) is 8.64. The molecule has 0 aliphatic carbocycles. The molecule has 0 saturated heterocycles. The molecule has 4 nitrogen and oxygen atoms in total. The topological polar surface area (TPSA) is 74.6 Å². The Morgan fingerprint density at radius 2 is 1.32 bits per heavy atom. The van der Waals surface area contributed by atoms with Gasteiger partial charge in [-0.2, -0.15) is 0 Å². The van der Waals surface area contributed by atoms with Crippen molar-refractivity contribution in [3.63, 3.8) is 0 Å². The Morgan fingerprint density at radius 3 is 1.63 bits per heavy atom. The van der Waals surface area contributed by atoms with Gasteiger partial charge in [0.15, 0.2) is 0 Å². The molecule has 0 aromatic heterocycles. The maximum Gasteiger partial charge on any atom is 0.330 e. The maximum absolute atomic E-state index is 10.1. The third-order valence-electron chi connectivity index (χ3n) is 2.36. The average Bonchev–Trinajstić information content (AvgIpc) is 2.28. The van der Waals surface area contributed by atoms with Gasteiger partial charge in [0.2, 0.25) is 0 Å². The van der Waals surface area contributed by atoms with Crippen LogP contribution >= 0.6 is 0 Å². The molecule has 1 radical (unpaired) electrons. The van der Waals surface area contributed by atoms with Gasteiger partial charge in [0, 0.05) is 29.1 Å². The van der Waals surface area contributed by atoms with Crippen molar-refractivity contribution in [1.82, 2.24) is 0 Å². The van der Waals surface area contributed by atoms with Crippen molar-refractivity contribution in [3.8, 4) is 0 Å². The van der Waals surface area contributed by atoms with Gasteiger partial charge in [-0.1, -0.05) is 52.0 Å². The molecule has 0 spiro atoms. The molecular weight excluding hydrogens is 296 g/mol. The van der Waals surface area contributed by atoms with Crippen LogP contribution in [-0.4, -0.2) is 22.2 Å². The molecule has 117 valence electrons. The van der Waals surface area contributed by atoms with Gasteiger partial charge in [0.1, 0.15) is 0 Å². The normalized spacial score (nSPS) is 8.74. The summed E-state index contributed by atoms with van der Waals surface area (Å²) < 4.78 is 0. The molecular formula is C14H26CuO4. The molecule has 0 amide bonds. The van der Waals surface area contributed by atoms with Crippen molar-refractivity contribution in [1.29, 1.82) is 0 Å². The van der Waals surface area contributed by atoms with E-state index in [1.165, 1.54) is 39.0 Å². The molecule has 2 N–H and O–H groups in total. The number of hydrogen-bond donors (Lipinski definition) is 2. The Hall–Kier alpha value is -0.801. The molecule has 0 atom stereocenters. The minimum atomic E-state index is -0.935.